The van der Waals surface area contributed by atoms with Crippen LogP contribution in [0.3, 0.4) is 0 Å². The molecule has 1 atom stereocenters. The van der Waals surface area contributed by atoms with E-state index in [1.165, 1.54) is 28.9 Å². The number of halogens is 1. The van der Waals surface area contributed by atoms with E-state index in [1.807, 2.05) is 19.1 Å². The Hall–Kier alpha value is -4.36. The fourth-order valence-electron chi connectivity index (χ4n) is 6.51. The molecule has 5 rings (SSSR count). The van der Waals surface area contributed by atoms with Gasteiger partial charge in [-0.2, -0.15) is 5.11 Å². The summed E-state index contributed by atoms with van der Waals surface area (Å²) in [5.74, 6) is 1.26. The predicted octanol–water partition coefficient (Wildman–Crippen LogP) is 10.4. The van der Waals surface area contributed by atoms with Crippen LogP contribution >= 0.6 is 0 Å². The minimum Gasteiger partial charge on any atom is -0.493 e. The van der Waals surface area contributed by atoms with Crippen molar-refractivity contribution in [2.75, 3.05) is 26.3 Å². The highest BCUT2D eigenvalue weighted by atomic mass is 19.1. The summed E-state index contributed by atoms with van der Waals surface area (Å²) < 4.78 is 26.0. The SMILES string of the molecule is C=C1CC(CC)(CCNCc2cc(OCC)c(-c3ccc(F)cc3)c(OCCC)c2)CC=C1CC1=CCC=C(C2=NN=NCC=C2)C=C1. The van der Waals surface area contributed by atoms with E-state index in [4.69, 9.17) is 9.47 Å². The van der Waals surface area contributed by atoms with Gasteiger partial charge >= 0.3 is 0 Å². The molecule has 0 fully saturated rings. The van der Waals surface area contributed by atoms with Crippen molar-refractivity contribution >= 4 is 5.71 Å². The molecule has 7 heteroatoms. The summed E-state index contributed by atoms with van der Waals surface area (Å²) in [5.41, 5.74) is 8.89. The number of allylic oxidation sites excluding steroid dienone is 10. The molecule has 0 bridgehead atoms. The summed E-state index contributed by atoms with van der Waals surface area (Å²) in [4.78, 5) is 0. The monoisotopic (exact) mass is 648 g/mol. The largest absolute Gasteiger partial charge is 0.493 e. The van der Waals surface area contributed by atoms with Crippen LogP contribution in [0.4, 0.5) is 4.39 Å². The molecule has 3 aliphatic rings. The lowest BCUT2D eigenvalue weighted by Crippen LogP contribution is -2.29. The molecule has 2 aromatic rings. The predicted molar refractivity (Wildman–Crippen MR) is 195 cm³/mol. The Morgan fingerprint density at radius 2 is 1.79 bits per heavy atom. The molecular weight excluding hydrogens is 599 g/mol. The van der Waals surface area contributed by atoms with Crippen LogP contribution in [-0.4, -0.2) is 32.0 Å². The molecule has 0 radical (unpaired) electrons. The maximum atomic E-state index is 13.7. The molecule has 0 saturated carbocycles. The zero-order valence-electron chi connectivity index (χ0n) is 28.7. The molecule has 0 amide bonds. The van der Waals surface area contributed by atoms with E-state index in [2.05, 4.69) is 83.7 Å². The van der Waals surface area contributed by atoms with Gasteiger partial charge < -0.3 is 14.8 Å². The molecule has 1 N–H and O–H groups in total. The quantitative estimate of drug-likeness (QED) is 0.195. The zero-order valence-corrected chi connectivity index (χ0v) is 28.7. The smallest absolute Gasteiger partial charge is 0.131 e. The van der Waals surface area contributed by atoms with Crippen molar-refractivity contribution in [2.45, 2.75) is 72.3 Å². The number of rotatable bonds is 15. The van der Waals surface area contributed by atoms with E-state index >= 15 is 0 Å². The van der Waals surface area contributed by atoms with Crippen molar-refractivity contribution in [2.24, 2.45) is 20.9 Å². The molecule has 2 aliphatic carbocycles. The Morgan fingerprint density at radius 3 is 2.54 bits per heavy atom. The van der Waals surface area contributed by atoms with Crippen LogP contribution in [0.5, 0.6) is 11.5 Å². The molecule has 252 valence electrons. The normalized spacial score (nSPS) is 19.2. The number of benzene rings is 2. The first-order valence-corrected chi connectivity index (χ1v) is 17.4. The summed E-state index contributed by atoms with van der Waals surface area (Å²) in [6, 6.07) is 10.7. The second-order valence-corrected chi connectivity index (χ2v) is 12.7. The molecule has 0 aromatic heterocycles. The highest BCUT2D eigenvalue weighted by Gasteiger charge is 2.31. The van der Waals surface area contributed by atoms with Crippen molar-refractivity contribution in [3.63, 3.8) is 0 Å². The van der Waals surface area contributed by atoms with Crippen LogP contribution in [-0.2, 0) is 6.54 Å². The standard InChI is InChI=1S/C41H49FN4O2/c1-5-24-48-39-27-32(26-38(47-7-3)40(39)34-15-17-36(42)18-16-34)29-43-23-21-41(6-2)20-19-35(30(4)28-41)25-31-10-8-11-33(14-13-31)37-12-9-22-44-46-45-37/h9-19,26-27,43H,4-8,20-25,28-29H2,1-3H3. The maximum Gasteiger partial charge on any atom is 0.131 e. The van der Waals surface area contributed by atoms with Crippen molar-refractivity contribution in [3.05, 3.63) is 119 Å². The van der Waals surface area contributed by atoms with Gasteiger partial charge in [-0.3, -0.25) is 0 Å². The fraction of sp³-hybridized carbons (Fsp3) is 0.390. The van der Waals surface area contributed by atoms with E-state index in [0.29, 0.717) is 26.3 Å². The number of nitrogens with one attached hydrogen (secondary N) is 1. The highest BCUT2D eigenvalue weighted by Crippen LogP contribution is 2.45. The Kier molecular flexibility index (Phi) is 12.5. The minimum atomic E-state index is -0.263. The number of nitrogens with zero attached hydrogens (tertiary/aromatic N) is 3. The van der Waals surface area contributed by atoms with Gasteiger partial charge in [0.25, 0.3) is 0 Å². The first-order valence-electron chi connectivity index (χ1n) is 17.4. The molecule has 1 heterocycles. The van der Waals surface area contributed by atoms with Gasteiger partial charge in [0.15, 0.2) is 0 Å². The molecule has 1 unspecified atom stereocenters. The van der Waals surface area contributed by atoms with Gasteiger partial charge in [-0.15, -0.1) is 5.10 Å². The topological polar surface area (TPSA) is 67.6 Å². The van der Waals surface area contributed by atoms with Crippen molar-refractivity contribution in [1.82, 2.24) is 5.32 Å². The highest BCUT2D eigenvalue weighted by molar-refractivity contribution is 6.10. The summed E-state index contributed by atoms with van der Waals surface area (Å²) in [6.07, 6.45) is 22.2. The minimum absolute atomic E-state index is 0.201. The van der Waals surface area contributed by atoms with Gasteiger partial charge in [0.2, 0.25) is 0 Å². The molecule has 0 saturated heterocycles. The molecule has 48 heavy (non-hydrogen) atoms. The Balaban J connectivity index is 1.20. The van der Waals surface area contributed by atoms with Crippen LogP contribution in [0, 0.1) is 11.2 Å². The van der Waals surface area contributed by atoms with Crippen molar-refractivity contribution in [1.29, 1.82) is 0 Å². The van der Waals surface area contributed by atoms with Crippen LogP contribution in [0.2, 0.25) is 0 Å². The van der Waals surface area contributed by atoms with Gasteiger partial charge in [-0.1, -0.05) is 74.6 Å². The summed E-state index contributed by atoms with van der Waals surface area (Å²) in [5, 5.41) is 15.8. The lowest BCUT2D eigenvalue weighted by Gasteiger charge is -2.37. The molecule has 2 aromatic carbocycles. The van der Waals surface area contributed by atoms with Gasteiger partial charge in [-0.25, -0.2) is 4.39 Å². The Labute approximate surface area is 285 Å². The van der Waals surface area contributed by atoms with Crippen molar-refractivity contribution in [3.8, 4) is 22.6 Å². The van der Waals surface area contributed by atoms with E-state index in [0.717, 1.165) is 91.0 Å². The summed E-state index contributed by atoms with van der Waals surface area (Å²) >= 11 is 0. The van der Waals surface area contributed by atoms with E-state index in [-0.39, 0.29) is 11.2 Å². The average Bonchev–Trinajstić information content (AvgIpc) is 3.51. The van der Waals surface area contributed by atoms with E-state index in [1.54, 1.807) is 12.1 Å². The Bertz CT molecular complexity index is 1660. The number of hydrogen-bond donors (Lipinski definition) is 1. The first kappa shape index (κ1) is 35.0. The molecule has 1 aliphatic heterocycles. The third-order valence-electron chi connectivity index (χ3n) is 9.32. The molecule has 0 spiro atoms. The summed E-state index contributed by atoms with van der Waals surface area (Å²) in [7, 11) is 0. The second kappa shape index (κ2) is 17.2. The first-order chi connectivity index (χ1) is 23.4. The molecule has 6 nitrogen and oxygen atoms in total. The summed E-state index contributed by atoms with van der Waals surface area (Å²) in [6.45, 7) is 14.2. The average molecular weight is 649 g/mol. The lowest BCUT2D eigenvalue weighted by molar-refractivity contribution is 0.241. The van der Waals surface area contributed by atoms with Gasteiger partial charge in [-0.05, 0) is 127 Å². The lowest BCUT2D eigenvalue weighted by atomic mass is 9.68. The third-order valence-corrected chi connectivity index (χ3v) is 9.32. The van der Waals surface area contributed by atoms with Crippen molar-refractivity contribution < 1.29 is 13.9 Å². The number of ether oxygens (including phenoxy) is 2. The van der Waals surface area contributed by atoms with Gasteiger partial charge in [0, 0.05) is 6.54 Å². The third kappa shape index (κ3) is 9.16. The second-order valence-electron chi connectivity index (χ2n) is 12.7. The van der Waals surface area contributed by atoms with E-state index in [9.17, 15) is 4.39 Å². The van der Waals surface area contributed by atoms with Crippen LogP contribution < -0.4 is 14.8 Å². The molecular formula is C41H49FN4O2. The van der Waals surface area contributed by atoms with Crippen LogP contribution in [0.15, 0.2) is 123 Å². The van der Waals surface area contributed by atoms with Crippen LogP contribution in [0.25, 0.3) is 11.1 Å². The van der Waals surface area contributed by atoms with Crippen LogP contribution in [0.1, 0.15) is 71.3 Å². The van der Waals surface area contributed by atoms with Gasteiger partial charge in [0.05, 0.1) is 31.0 Å². The van der Waals surface area contributed by atoms with E-state index < -0.39 is 0 Å². The Morgan fingerprint density at radius 1 is 0.979 bits per heavy atom. The number of hydrogen-bond acceptors (Lipinski definition) is 6. The maximum absolute atomic E-state index is 13.7. The zero-order chi connectivity index (χ0) is 33.8. The van der Waals surface area contributed by atoms with Gasteiger partial charge in [0.1, 0.15) is 17.3 Å². The fourth-order valence-corrected chi connectivity index (χ4v) is 6.51.